The number of rotatable bonds is 52. The highest BCUT2D eigenvalue weighted by molar-refractivity contribution is 5.76. The molecule has 4 nitrogen and oxygen atoms in total. The molecule has 0 heterocycles. The van der Waals surface area contributed by atoms with Crippen molar-refractivity contribution in [2.75, 3.05) is 6.61 Å². The number of carbonyl (C=O) groups is 1. The van der Waals surface area contributed by atoms with Crippen molar-refractivity contribution in [2.24, 2.45) is 0 Å². The average Bonchev–Trinajstić information content (AvgIpc) is 3.30. The maximum Gasteiger partial charge on any atom is 0.220 e. The molecule has 0 aromatic carbocycles. The van der Waals surface area contributed by atoms with E-state index in [9.17, 15) is 15.0 Å². The molecule has 0 aromatic rings. The van der Waals surface area contributed by atoms with Gasteiger partial charge in [0.05, 0.1) is 18.8 Å². The average molecular weight is 895 g/mol. The first-order chi connectivity index (χ1) is 31.7. The van der Waals surface area contributed by atoms with E-state index in [2.05, 4.69) is 67.8 Å². The highest BCUT2D eigenvalue weighted by atomic mass is 16.3. The van der Waals surface area contributed by atoms with Crippen LogP contribution in [0.15, 0.2) is 60.8 Å². The Morgan fingerprint density at radius 2 is 0.656 bits per heavy atom. The molecular weight excluding hydrogens is 783 g/mol. The lowest BCUT2D eigenvalue weighted by atomic mass is 10.0. The van der Waals surface area contributed by atoms with Crippen LogP contribution in [0.3, 0.4) is 0 Å². The smallest absolute Gasteiger partial charge is 0.220 e. The molecule has 0 fully saturated rings. The van der Waals surface area contributed by atoms with Gasteiger partial charge >= 0.3 is 0 Å². The first kappa shape index (κ1) is 62.1. The normalized spacial score (nSPS) is 13.2. The van der Waals surface area contributed by atoms with Crippen LogP contribution in [0, 0.1) is 0 Å². The first-order valence-electron chi connectivity index (χ1n) is 28.5. The van der Waals surface area contributed by atoms with Crippen LogP contribution < -0.4 is 5.32 Å². The zero-order valence-electron chi connectivity index (χ0n) is 43.1. The molecule has 2 unspecified atom stereocenters. The molecule has 0 aliphatic heterocycles. The number of nitrogens with one attached hydrogen (secondary N) is 1. The lowest BCUT2D eigenvalue weighted by Gasteiger charge is -2.19. The molecule has 0 aliphatic rings. The van der Waals surface area contributed by atoms with E-state index >= 15 is 0 Å². The monoisotopic (exact) mass is 894 g/mol. The summed E-state index contributed by atoms with van der Waals surface area (Å²) < 4.78 is 0. The summed E-state index contributed by atoms with van der Waals surface area (Å²) >= 11 is 0. The summed E-state index contributed by atoms with van der Waals surface area (Å²) in [6.07, 6.45) is 78.3. The Morgan fingerprint density at radius 1 is 0.375 bits per heavy atom. The zero-order valence-corrected chi connectivity index (χ0v) is 43.1. The Balaban J connectivity index is 3.41. The Morgan fingerprint density at radius 3 is 1.02 bits per heavy atom. The molecule has 374 valence electrons. The predicted octanol–water partition coefficient (Wildman–Crippen LogP) is 18.8. The van der Waals surface area contributed by atoms with Crippen molar-refractivity contribution in [2.45, 2.75) is 309 Å². The van der Waals surface area contributed by atoms with Crippen molar-refractivity contribution in [1.29, 1.82) is 0 Å². The highest BCUT2D eigenvalue weighted by Crippen LogP contribution is 2.17. The van der Waals surface area contributed by atoms with E-state index in [4.69, 9.17) is 0 Å². The van der Waals surface area contributed by atoms with Crippen molar-refractivity contribution in [3.8, 4) is 0 Å². The van der Waals surface area contributed by atoms with E-state index < -0.39 is 12.1 Å². The lowest BCUT2D eigenvalue weighted by Crippen LogP contribution is -2.45. The second kappa shape index (κ2) is 55.4. The fourth-order valence-electron chi connectivity index (χ4n) is 8.62. The summed E-state index contributed by atoms with van der Waals surface area (Å²) in [5.41, 5.74) is 0. The molecule has 2 atom stereocenters. The van der Waals surface area contributed by atoms with Crippen LogP contribution in [-0.4, -0.2) is 34.9 Å². The maximum atomic E-state index is 12.4. The molecule has 0 spiro atoms. The van der Waals surface area contributed by atoms with Gasteiger partial charge < -0.3 is 15.5 Å². The number of hydrogen-bond acceptors (Lipinski definition) is 3. The molecule has 0 saturated heterocycles. The number of hydrogen-bond donors (Lipinski definition) is 3. The van der Waals surface area contributed by atoms with Crippen molar-refractivity contribution in [3.05, 3.63) is 60.8 Å². The summed E-state index contributed by atoms with van der Waals surface area (Å²) in [4.78, 5) is 12.4. The van der Waals surface area contributed by atoms with E-state index in [1.54, 1.807) is 6.08 Å². The maximum absolute atomic E-state index is 12.4. The summed E-state index contributed by atoms with van der Waals surface area (Å²) in [7, 11) is 0. The summed E-state index contributed by atoms with van der Waals surface area (Å²) in [5.74, 6) is -0.0713. The van der Waals surface area contributed by atoms with Crippen molar-refractivity contribution < 1.29 is 15.0 Å². The van der Waals surface area contributed by atoms with Gasteiger partial charge in [0.1, 0.15) is 0 Å². The van der Waals surface area contributed by atoms with Gasteiger partial charge in [0, 0.05) is 6.42 Å². The van der Waals surface area contributed by atoms with Crippen LogP contribution in [0.1, 0.15) is 296 Å². The number of carbonyl (C=O) groups excluding carboxylic acids is 1. The van der Waals surface area contributed by atoms with Gasteiger partial charge in [0.2, 0.25) is 5.91 Å². The van der Waals surface area contributed by atoms with E-state index in [1.807, 2.05) is 6.08 Å². The van der Waals surface area contributed by atoms with Gasteiger partial charge in [-0.2, -0.15) is 0 Å². The predicted molar refractivity (Wildman–Crippen MR) is 285 cm³/mol. The topological polar surface area (TPSA) is 69.6 Å². The van der Waals surface area contributed by atoms with Crippen LogP contribution in [0.5, 0.6) is 0 Å². The molecule has 4 heteroatoms. The standard InChI is InChI=1S/C60H111NO3/c1-3-5-7-9-11-13-15-17-18-19-20-21-22-23-24-25-26-27-28-29-30-31-32-33-34-35-36-37-38-39-40-41-42-44-46-48-50-52-54-56-60(64)61-58(57-62)59(63)55-53-51-49-47-45-43-16-14-12-10-8-6-4-2/h15,17,19-20,22-23,45,47,53,55,58-59,62-63H,3-14,16,18,21,24-44,46,48-52,54,56-57H2,1-2H3,(H,61,64)/b17-15-,20-19-,23-22-,47-45+,55-53+. The minimum atomic E-state index is -0.861. The van der Waals surface area contributed by atoms with Gasteiger partial charge in [-0.25, -0.2) is 0 Å². The molecule has 1 amide bonds. The zero-order chi connectivity index (χ0) is 46.3. The van der Waals surface area contributed by atoms with Crippen molar-refractivity contribution >= 4 is 5.91 Å². The number of unbranched alkanes of at least 4 members (excludes halogenated alkanes) is 37. The number of allylic oxidation sites excluding steroid dienone is 9. The number of aliphatic hydroxyl groups is 2. The molecular formula is C60H111NO3. The van der Waals surface area contributed by atoms with Gasteiger partial charge in [0.25, 0.3) is 0 Å². The van der Waals surface area contributed by atoms with Gasteiger partial charge in [-0.05, 0) is 70.6 Å². The summed E-state index contributed by atoms with van der Waals surface area (Å²) in [6.45, 7) is 4.28. The van der Waals surface area contributed by atoms with E-state index in [1.165, 1.54) is 231 Å². The van der Waals surface area contributed by atoms with Crippen LogP contribution in [0.25, 0.3) is 0 Å². The fourth-order valence-corrected chi connectivity index (χ4v) is 8.62. The second-order valence-electron chi connectivity index (χ2n) is 19.3. The minimum absolute atomic E-state index is 0.0713. The SMILES string of the molecule is CCCCCCC/C=C\C/C=C\C/C=C\CCCCCCCCCCCCCCCCCCCCCCCCCCC(=O)NC(CO)C(O)/C=C/CC/C=C/CCCCCCCCC. The summed E-state index contributed by atoms with van der Waals surface area (Å²) in [5, 5.41) is 23.0. The fraction of sp³-hybridized carbons (Fsp3) is 0.817. The Bertz CT molecular complexity index is 1060. The van der Waals surface area contributed by atoms with E-state index in [0.29, 0.717) is 6.42 Å². The molecule has 0 bridgehead atoms. The molecule has 3 N–H and O–H groups in total. The molecule has 0 rings (SSSR count). The molecule has 0 aromatic heterocycles. The lowest BCUT2D eigenvalue weighted by molar-refractivity contribution is -0.123. The van der Waals surface area contributed by atoms with Gasteiger partial charge in [-0.3, -0.25) is 4.79 Å². The second-order valence-corrected chi connectivity index (χ2v) is 19.3. The summed E-state index contributed by atoms with van der Waals surface area (Å²) in [6, 6.07) is -0.638. The Hall–Kier alpha value is -1.91. The Kier molecular flexibility index (Phi) is 53.8. The molecule has 0 aliphatic carbocycles. The van der Waals surface area contributed by atoms with E-state index in [0.717, 1.165) is 44.9 Å². The third kappa shape index (κ3) is 51.1. The number of amides is 1. The van der Waals surface area contributed by atoms with Crippen LogP contribution in [-0.2, 0) is 4.79 Å². The van der Waals surface area contributed by atoms with Crippen LogP contribution >= 0.6 is 0 Å². The van der Waals surface area contributed by atoms with Gasteiger partial charge in [-0.1, -0.05) is 280 Å². The van der Waals surface area contributed by atoms with Gasteiger partial charge in [0.15, 0.2) is 0 Å². The van der Waals surface area contributed by atoms with E-state index in [-0.39, 0.29) is 12.5 Å². The minimum Gasteiger partial charge on any atom is -0.394 e. The third-order valence-electron chi connectivity index (χ3n) is 13.0. The number of aliphatic hydroxyl groups excluding tert-OH is 2. The molecule has 0 radical (unpaired) electrons. The largest absolute Gasteiger partial charge is 0.394 e. The third-order valence-corrected chi connectivity index (χ3v) is 13.0. The van der Waals surface area contributed by atoms with Crippen molar-refractivity contribution in [1.82, 2.24) is 5.32 Å². The van der Waals surface area contributed by atoms with Crippen LogP contribution in [0.4, 0.5) is 0 Å². The quantitative estimate of drug-likeness (QED) is 0.0421. The van der Waals surface area contributed by atoms with Crippen LogP contribution in [0.2, 0.25) is 0 Å². The molecule has 0 saturated carbocycles. The first-order valence-corrected chi connectivity index (χ1v) is 28.5. The Labute approximate surface area is 400 Å². The highest BCUT2D eigenvalue weighted by Gasteiger charge is 2.18. The van der Waals surface area contributed by atoms with Gasteiger partial charge in [-0.15, -0.1) is 0 Å². The molecule has 64 heavy (non-hydrogen) atoms. The van der Waals surface area contributed by atoms with Crippen molar-refractivity contribution in [3.63, 3.8) is 0 Å².